The first-order valence-electron chi connectivity index (χ1n) is 7.23. The number of likely N-dealkylation sites (tertiary alicyclic amines) is 1. The number of aliphatic hydroxyl groups is 1. The Kier molecular flexibility index (Phi) is 6.00. The summed E-state index contributed by atoms with van der Waals surface area (Å²) in [6.07, 6.45) is 0.610. The van der Waals surface area contributed by atoms with E-state index in [1.807, 2.05) is 0 Å². The van der Waals surface area contributed by atoms with Gasteiger partial charge >= 0.3 is 0 Å². The number of methoxy groups -OCH3 is 1. The Morgan fingerprint density at radius 2 is 2.19 bits per heavy atom. The number of benzene rings is 1. The lowest BCUT2D eigenvalue weighted by Gasteiger charge is -2.20. The van der Waals surface area contributed by atoms with Crippen molar-refractivity contribution in [3.05, 3.63) is 29.8 Å². The molecule has 1 fully saturated rings. The van der Waals surface area contributed by atoms with Gasteiger partial charge in [0.2, 0.25) is 0 Å². The third kappa shape index (κ3) is 5.01. The van der Waals surface area contributed by atoms with E-state index in [4.69, 9.17) is 14.7 Å². The summed E-state index contributed by atoms with van der Waals surface area (Å²) in [5, 5.41) is 18.8. The molecule has 5 nitrogen and oxygen atoms in total. The van der Waals surface area contributed by atoms with E-state index in [0.717, 1.165) is 26.1 Å². The topological polar surface area (TPSA) is 65.7 Å². The molecular formula is C16H22N2O3. The summed E-state index contributed by atoms with van der Waals surface area (Å²) < 4.78 is 10.7. The first-order valence-corrected chi connectivity index (χ1v) is 7.23. The first kappa shape index (κ1) is 15.8. The van der Waals surface area contributed by atoms with Crippen LogP contribution in [0.5, 0.6) is 5.75 Å². The van der Waals surface area contributed by atoms with Crippen LogP contribution in [0.1, 0.15) is 12.0 Å². The summed E-state index contributed by atoms with van der Waals surface area (Å²) in [5.41, 5.74) is 0.601. The molecule has 0 spiro atoms. The van der Waals surface area contributed by atoms with Gasteiger partial charge < -0.3 is 19.5 Å². The third-order valence-corrected chi connectivity index (χ3v) is 3.67. The fourth-order valence-electron chi connectivity index (χ4n) is 2.62. The highest BCUT2D eigenvalue weighted by molar-refractivity contribution is 5.34. The molecule has 0 aromatic heterocycles. The number of β-amino-alcohol motifs (C(OH)–C–C–N with tert-alkyl or cyclic N) is 1. The van der Waals surface area contributed by atoms with Gasteiger partial charge in [-0.3, -0.25) is 0 Å². The van der Waals surface area contributed by atoms with E-state index < -0.39 is 6.10 Å². The highest BCUT2D eigenvalue weighted by Gasteiger charge is 2.24. The van der Waals surface area contributed by atoms with Crippen molar-refractivity contribution in [3.8, 4) is 11.8 Å². The molecule has 2 atom stereocenters. The Labute approximate surface area is 125 Å². The number of nitriles is 1. The normalized spacial score (nSPS) is 20.1. The zero-order valence-corrected chi connectivity index (χ0v) is 12.4. The van der Waals surface area contributed by atoms with E-state index >= 15 is 0 Å². The Morgan fingerprint density at radius 3 is 2.86 bits per heavy atom. The molecule has 1 aromatic carbocycles. The number of hydrogen-bond acceptors (Lipinski definition) is 5. The monoisotopic (exact) mass is 290 g/mol. The minimum atomic E-state index is -0.512. The van der Waals surface area contributed by atoms with E-state index in [0.29, 0.717) is 23.8 Å². The second-order valence-corrected chi connectivity index (χ2v) is 5.47. The minimum Gasteiger partial charge on any atom is -0.491 e. The second-order valence-electron chi connectivity index (χ2n) is 5.47. The quantitative estimate of drug-likeness (QED) is 0.819. The van der Waals surface area contributed by atoms with E-state index in [1.54, 1.807) is 31.4 Å². The molecule has 1 N–H and O–H groups in total. The fourth-order valence-corrected chi connectivity index (χ4v) is 2.62. The number of ether oxygens (including phenoxy) is 2. The van der Waals surface area contributed by atoms with E-state index in [1.165, 1.54) is 0 Å². The summed E-state index contributed by atoms with van der Waals surface area (Å²) in [6, 6.07) is 8.96. The molecule has 21 heavy (non-hydrogen) atoms. The van der Waals surface area contributed by atoms with Gasteiger partial charge in [0, 0.05) is 20.2 Å². The molecule has 1 aromatic rings. The summed E-state index contributed by atoms with van der Waals surface area (Å²) in [5.74, 6) is 1.24. The van der Waals surface area contributed by atoms with Crippen molar-refractivity contribution in [1.29, 1.82) is 5.26 Å². The highest BCUT2D eigenvalue weighted by atomic mass is 16.5. The Balaban J connectivity index is 1.70. The predicted octanol–water partition coefficient (Wildman–Crippen LogP) is 1.27. The number of nitrogens with zero attached hydrogens (tertiary/aromatic N) is 2. The molecule has 2 rings (SSSR count). The van der Waals surface area contributed by atoms with Crippen molar-refractivity contribution in [2.24, 2.45) is 5.92 Å². The van der Waals surface area contributed by atoms with Crippen LogP contribution in [0.2, 0.25) is 0 Å². The van der Waals surface area contributed by atoms with Crippen molar-refractivity contribution >= 4 is 0 Å². The van der Waals surface area contributed by atoms with E-state index in [-0.39, 0.29) is 6.61 Å². The standard InChI is InChI=1S/C16H22N2O3/c1-20-11-14-6-7-18(9-14)10-15(19)12-21-16-4-2-13(8-17)3-5-16/h2-5,14-15,19H,6-7,9-12H2,1H3. The van der Waals surface area contributed by atoms with Crippen LogP contribution < -0.4 is 4.74 Å². The van der Waals surface area contributed by atoms with Crippen LogP contribution in [0, 0.1) is 17.2 Å². The van der Waals surface area contributed by atoms with Crippen molar-refractivity contribution in [2.45, 2.75) is 12.5 Å². The first-order chi connectivity index (χ1) is 10.2. The van der Waals surface area contributed by atoms with Gasteiger partial charge in [-0.2, -0.15) is 5.26 Å². The highest BCUT2D eigenvalue weighted by Crippen LogP contribution is 2.17. The maximum Gasteiger partial charge on any atom is 0.119 e. The van der Waals surface area contributed by atoms with Crippen LogP contribution in [-0.4, -0.2) is 56.1 Å². The summed E-state index contributed by atoms with van der Waals surface area (Å²) in [6.45, 7) is 3.64. The molecule has 0 aliphatic carbocycles. The average molecular weight is 290 g/mol. The van der Waals surface area contributed by atoms with Crippen molar-refractivity contribution in [3.63, 3.8) is 0 Å². The van der Waals surface area contributed by atoms with Gasteiger partial charge in [-0.25, -0.2) is 0 Å². The zero-order chi connectivity index (χ0) is 15.1. The molecule has 114 valence electrons. The van der Waals surface area contributed by atoms with Gasteiger partial charge in [-0.05, 0) is 43.1 Å². The van der Waals surface area contributed by atoms with Gasteiger partial charge in [0.25, 0.3) is 0 Å². The fraction of sp³-hybridized carbons (Fsp3) is 0.562. The Hall–Kier alpha value is -1.61. The molecule has 2 unspecified atom stereocenters. The molecule has 5 heteroatoms. The van der Waals surface area contributed by atoms with Gasteiger partial charge in [-0.15, -0.1) is 0 Å². The average Bonchev–Trinajstić information content (AvgIpc) is 2.93. The summed E-state index contributed by atoms with van der Waals surface area (Å²) >= 11 is 0. The van der Waals surface area contributed by atoms with Gasteiger partial charge in [-0.1, -0.05) is 0 Å². The lowest BCUT2D eigenvalue weighted by Crippen LogP contribution is -2.34. The van der Waals surface area contributed by atoms with Crippen LogP contribution >= 0.6 is 0 Å². The van der Waals surface area contributed by atoms with Gasteiger partial charge in [0.15, 0.2) is 0 Å². The van der Waals surface area contributed by atoms with Crippen LogP contribution in [0.3, 0.4) is 0 Å². The molecule has 1 heterocycles. The SMILES string of the molecule is COCC1CCN(CC(O)COc2ccc(C#N)cc2)C1. The van der Waals surface area contributed by atoms with Crippen molar-refractivity contribution in [2.75, 3.05) is 40.0 Å². The molecule has 0 radical (unpaired) electrons. The maximum absolute atomic E-state index is 10.0. The van der Waals surface area contributed by atoms with Crippen LogP contribution in [0.15, 0.2) is 24.3 Å². The molecule has 1 aliphatic heterocycles. The Bertz CT molecular complexity index is 469. The van der Waals surface area contributed by atoms with Gasteiger partial charge in [0.05, 0.1) is 18.2 Å². The lowest BCUT2D eigenvalue weighted by atomic mass is 10.1. The van der Waals surface area contributed by atoms with Crippen LogP contribution in [0.4, 0.5) is 0 Å². The van der Waals surface area contributed by atoms with Crippen LogP contribution in [0.25, 0.3) is 0 Å². The van der Waals surface area contributed by atoms with Gasteiger partial charge in [0.1, 0.15) is 18.5 Å². The Morgan fingerprint density at radius 1 is 1.43 bits per heavy atom. The van der Waals surface area contributed by atoms with E-state index in [2.05, 4.69) is 11.0 Å². The minimum absolute atomic E-state index is 0.261. The largest absolute Gasteiger partial charge is 0.491 e. The molecule has 0 saturated carbocycles. The van der Waals surface area contributed by atoms with Crippen molar-refractivity contribution in [1.82, 2.24) is 4.90 Å². The molecule has 0 bridgehead atoms. The number of hydrogen-bond donors (Lipinski definition) is 1. The second kappa shape index (κ2) is 7.99. The van der Waals surface area contributed by atoms with E-state index in [9.17, 15) is 5.11 Å². The lowest BCUT2D eigenvalue weighted by molar-refractivity contribution is 0.0723. The van der Waals surface area contributed by atoms with Crippen molar-refractivity contribution < 1.29 is 14.6 Å². The molecule has 1 saturated heterocycles. The predicted molar refractivity (Wildman–Crippen MR) is 79.1 cm³/mol. The number of rotatable bonds is 7. The molecule has 0 amide bonds. The third-order valence-electron chi connectivity index (χ3n) is 3.67. The maximum atomic E-state index is 10.0. The molecule has 1 aliphatic rings. The number of aliphatic hydroxyl groups excluding tert-OH is 1. The summed E-state index contributed by atoms with van der Waals surface area (Å²) in [4.78, 5) is 2.25. The zero-order valence-electron chi connectivity index (χ0n) is 12.4. The summed E-state index contributed by atoms with van der Waals surface area (Å²) in [7, 11) is 1.73. The smallest absolute Gasteiger partial charge is 0.119 e. The molecular weight excluding hydrogens is 268 g/mol. The van der Waals surface area contributed by atoms with Crippen LogP contribution in [-0.2, 0) is 4.74 Å².